The van der Waals surface area contributed by atoms with Crippen molar-refractivity contribution in [2.24, 2.45) is 0 Å². The molecule has 148 valence electrons. The fourth-order valence-electron chi connectivity index (χ4n) is 1.62. The molecule has 11 heteroatoms. The topological polar surface area (TPSA) is 19.4 Å². The Bertz CT molecular complexity index is 443. The molecule has 3 nitrogen and oxygen atoms in total. The molecule has 1 heterocycles. The van der Waals surface area contributed by atoms with E-state index in [1.807, 2.05) is 18.3 Å². The van der Waals surface area contributed by atoms with Gasteiger partial charge in [-0.05, 0) is 52.8 Å². The second-order valence-corrected chi connectivity index (χ2v) is 7.41. The third kappa shape index (κ3) is 26.5. The van der Waals surface area contributed by atoms with Crippen LogP contribution < -0.4 is 0 Å². The Morgan fingerprint density at radius 1 is 0.917 bits per heavy atom. The third-order valence-corrected chi connectivity index (χ3v) is 2.62. The van der Waals surface area contributed by atoms with E-state index in [0.29, 0.717) is 0 Å². The molecule has 0 radical (unpaired) electrons. The summed E-state index contributed by atoms with van der Waals surface area (Å²) in [7, 11) is -4.24. The zero-order valence-electron chi connectivity index (χ0n) is 13.7. The van der Waals surface area contributed by atoms with Gasteiger partial charge in [-0.25, -0.2) is 0 Å². The summed E-state index contributed by atoms with van der Waals surface area (Å²) >= 11 is 0. The van der Waals surface area contributed by atoms with E-state index in [2.05, 4.69) is 42.0 Å². The van der Waals surface area contributed by atoms with Crippen molar-refractivity contribution in [2.75, 3.05) is 40.8 Å². The van der Waals surface area contributed by atoms with Gasteiger partial charge in [0.05, 0.1) is 0 Å². The Balaban J connectivity index is 0. The molecule has 0 atom stereocenters. The second-order valence-electron chi connectivity index (χ2n) is 5.49. The first-order valence-electron chi connectivity index (χ1n) is 6.93. The SMILES string of the molecule is CN(C)CCCN(C)CCc1ccccn1.F[P-](F)(F)(F)(F)F.[Cu+]. The van der Waals surface area contributed by atoms with Crippen LogP contribution in [0.4, 0.5) is 25.2 Å². The molecule has 0 aliphatic heterocycles. The van der Waals surface area contributed by atoms with Crippen LogP contribution in [0.2, 0.25) is 0 Å². The van der Waals surface area contributed by atoms with Crippen LogP contribution in [-0.4, -0.2) is 55.6 Å². The van der Waals surface area contributed by atoms with Crippen LogP contribution in [0.5, 0.6) is 0 Å². The predicted molar refractivity (Wildman–Crippen MR) is 82.2 cm³/mol. The van der Waals surface area contributed by atoms with E-state index in [0.717, 1.165) is 26.1 Å². The molecule has 0 spiro atoms. The van der Waals surface area contributed by atoms with Gasteiger partial charge >= 0.3 is 50.1 Å². The summed E-state index contributed by atoms with van der Waals surface area (Å²) in [6.07, 6.45) is 4.13. The van der Waals surface area contributed by atoms with Crippen LogP contribution in [0.1, 0.15) is 12.1 Å². The zero-order chi connectivity index (χ0) is 18.2. The molecule has 0 aromatic carbocycles. The monoisotopic (exact) mass is 429 g/mol. The van der Waals surface area contributed by atoms with Gasteiger partial charge in [-0.1, -0.05) is 6.07 Å². The molecule has 0 aliphatic carbocycles. The van der Waals surface area contributed by atoms with Crippen LogP contribution >= 0.6 is 7.81 Å². The van der Waals surface area contributed by atoms with Gasteiger partial charge in [-0.3, -0.25) is 4.98 Å². The maximum absolute atomic E-state index is 10.7. The van der Waals surface area contributed by atoms with Gasteiger partial charge < -0.3 is 9.80 Å². The van der Waals surface area contributed by atoms with E-state index in [9.17, 15) is 25.2 Å². The van der Waals surface area contributed by atoms with Crippen LogP contribution in [0.25, 0.3) is 0 Å². The van der Waals surface area contributed by atoms with Gasteiger partial charge in [0.15, 0.2) is 0 Å². The quantitative estimate of drug-likeness (QED) is 0.349. The molecule has 0 saturated carbocycles. The summed E-state index contributed by atoms with van der Waals surface area (Å²) in [5, 5.41) is 0. The maximum atomic E-state index is 9.87. The van der Waals surface area contributed by atoms with Crippen molar-refractivity contribution in [3.63, 3.8) is 0 Å². The van der Waals surface area contributed by atoms with Gasteiger partial charge in [0, 0.05) is 24.9 Å². The molecule has 0 unspecified atom stereocenters. The Morgan fingerprint density at radius 2 is 1.46 bits per heavy atom. The summed E-state index contributed by atoms with van der Waals surface area (Å²) in [6, 6.07) is 6.10. The average Bonchev–Trinajstić information content (AvgIpc) is 2.33. The van der Waals surface area contributed by atoms with Gasteiger partial charge in [0.2, 0.25) is 0 Å². The Morgan fingerprint density at radius 3 is 1.88 bits per heavy atom. The fraction of sp³-hybridized carbons (Fsp3) is 0.615. The molecule has 24 heavy (non-hydrogen) atoms. The summed E-state index contributed by atoms with van der Waals surface area (Å²) in [4.78, 5) is 8.93. The van der Waals surface area contributed by atoms with E-state index >= 15 is 0 Å². The molecule has 0 fully saturated rings. The van der Waals surface area contributed by atoms with Crippen molar-refractivity contribution in [2.45, 2.75) is 12.8 Å². The van der Waals surface area contributed by atoms with E-state index in [1.54, 1.807) is 0 Å². The maximum Gasteiger partial charge on any atom is 1.00 e. The summed E-state index contributed by atoms with van der Waals surface area (Å²) in [5.74, 6) is 0. The molecule has 0 aliphatic rings. The zero-order valence-corrected chi connectivity index (χ0v) is 15.5. The van der Waals surface area contributed by atoms with Gasteiger partial charge in [-0.15, -0.1) is 0 Å². The fourth-order valence-corrected chi connectivity index (χ4v) is 1.62. The molecular weight excluding hydrogens is 407 g/mol. The second kappa shape index (κ2) is 9.34. The van der Waals surface area contributed by atoms with Crippen molar-refractivity contribution in [3.8, 4) is 0 Å². The number of hydrogen-bond acceptors (Lipinski definition) is 3. The van der Waals surface area contributed by atoms with E-state index < -0.39 is 7.81 Å². The van der Waals surface area contributed by atoms with Gasteiger partial charge in [-0.2, -0.15) is 0 Å². The predicted octanol–water partition coefficient (Wildman–Crippen LogP) is 4.89. The minimum absolute atomic E-state index is 0. The summed E-state index contributed by atoms with van der Waals surface area (Å²) < 4.78 is 59.2. The van der Waals surface area contributed by atoms with Crippen molar-refractivity contribution < 1.29 is 42.3 Å². The van der Waals surface area contributed by atoms with Crippen LogP contribution in [0.15, 0.2) is 24.4 Å². The number of pyridine rings is 1. The van der Waals surface area contributed by atoms with Crippen molar-refractivity contribution in [1.82, 2.24) is 14.8 Å². The number of aromatic nitrogens is 1. The first kappa shape index (κ1) is 25.8. The number of nitrogens with zero attached hydrogens (tertiary/aromatic N) is 3. The molecule has 0 saturated heterocycles. The summed E-state index contributed by atoms with van der Waals surface area (Å²) in [5.41, 5.74) is 1.18. The number of hydrogen-bond donors (Lipinski definition) is 0. The van der Waals surface area contributed by atoms with Crippen LogP contribution in [-0.2, 0) is 23.5 Å². The largest absolute Gasteiger partial charge is 1.00 e. The van der Waals surface area contributed by atoms with Gasteiger partial charge in [0.1, 0.15) is 0 Å². The average molecular weight is 430 g/mol. The molecule has 1 rings (SSSR count). The van der Waals surface area contributed by atoms with Crippen molar-refractivity contribution in [1.29, 1.82) is 0 Å². The molecule has 1 aromatic heterocycles. The Hall–Kier alpha value is -0.401. The first-order valence-corrected chi connectivity index (χ1v) is 8.96. The normalized spacial score (nSPS) is 14.3. The molecule has 0 N–H and O–H groups in total. The van der Waals surface area contributed by atoms with Crippen LogP contribution in [0.3, 0.4) is 0 Å². The number of rotatable bonds is 7. The molecule has 0 bridgehead atoms. The standard InChI is InChI=1S/C13H23N3.Cu.F6P/c1-15(2)10-6-11-16(3)12-8-13-7-4-5-9-14-13;;1-7(2,3,4,5)6/h4-5,7,9H,6,8,10-12H2,1-3H3;;/q;+1;-1. The van der Waals surface area contributed by atoms with E-state index in [1.165, 1.54) is 12.1 Å². The van der Waals surface area contributed by atoms with Gasteiger partial charge in [0.25, 0.3) is 0 Å². The summed E-state index contributed by atoms with van der Waals surface area (Å²) in [6.45, 7) is 3.41. The smallest absolute Gasteiger partial charge is 1.00 e. The molecule has 0 amide bonds. The number of halogens is 6. The molecular formula is C13H23CuF6N3P. The number of likely N-dealkylation sites (N-methyl/N-ethyl adjacent to an activating group) is 1. The minimum atomic E-state index is -10.7. The van der Waals surface area contributed by atoms with E-state index in [4.69, 9.17) is 0 Å². The molecule has 1 aromatic rings. The van der Waals surface area contributed by atoms with E-state index in [-0.39, 0.29) is 17.1 Å². The van der Waals surface area contributed by atoms with Crippen molar-refractivity contribution >= 4 is 7.81 Å². The first-order chi connectivity index (χ1) is 10.1. The Kier molecular flexibility index (Phi) is 10.1. The van der Waals surface area contributed by atoms with Crippen molar-refractivity contribution in [3.05, 3.63) is 30.1 Å². The van der Waals surface area contributed by atoms with Crippen LogP contribution in [0, 0.1) is 0 Å². The minimum Gasteiger partial charge on any atom is 1.00 e. The third-order valence-electron chi connectivity index (χ3n) is 2.62. The Labute approximate surface area is 149 Å².